The van der Waals surface area contributed by atoms with Gasteiger partial charge in [-0.3, -0.25) is 9.88 Å². The number of hydrogen-bond acceptors (Lipinski definition) is 8. The van der Waals surface area contributed by atoms with Gasteiger partial charge in [0.2, 0.25) is 0 Å². The monoisotopic (exact) mass is 483 g/mol. The van der Waals surface area contributed by atoms with Gasteiger partial charge in [-0.15, -0.1) is 0 Å². The number of anilines is 1. The van der Waals surface area contributed by atoms with Crippen LogP contribution in [0.5, 0.6) is 0 Å². The Morgan fingerprint density at radius 1 is 1.42 bits per heavy atom. The van der Waals surface area contributed by atoms with Gasteiger partial charge in [0.05, 0.1) is 16.3 Å². The molecule has 2 heterocycles. The first-order chi connectivity index (χ1) is 12.3. The summed E-state index contributed by atoms with van der Waals surface area (Å²) in [5.41, 5.74) is -0.734. The predicted molar refractivity (Wildman–Crippen MR) is 98.9 cm³/mol. The molecule has 11 heteroatoms. The van der Waals surface area contributed by atoms with E-state index >= 15 is 0 Å². The zero-order chi connectivity index (χ0) is 19.3. The Kier molecular flexibility index (Phi) is 7.76. The van der Waals surface area contributed by atoms with Crippen LogP contribution >= 0.6 is 22.6 Å². The van der Waals surface area contributed by atoms with Gasteiger partial charge in [0.15, 0.2) is 12.0 Å². The Balaban J connectivity index is 2.01. The summed E-state index contributed by atoms with van der Waals surface area (Å²) < 4.78 is 17.1. The van der Waals surface area contributed by atoms with Crippen molar-refractivity contribution < 1.29 is 29.2 Å². The van der Waals surface area contributed by atoms with Crippen molar-refractivity contribution in [3.05, 3.63) is 20.3 Å². The number of nitrogens with zero attached hydrogens (tertiary/aromatic N) is 2. The first kappa shape index (κ1) is 21.0. The molecule has 0 saturated carbocycles. The van der Waals surface area contributed by atoms with E-state index in [2.05, 4.69) is 10.3 Å². The number of aliphatic hydroxyl groups excluding tert-OH is 2. The second-order valence-corrected chi connectivity index (χ2v) is 6.81. The van der Waals surface area contributed by atoms with Gasteiger partial charge in [-0.1, -0.05) is 0 Å². The molecule has 3 N–H and O–H groups in total. The normalized spacial score (nSPS) is 25.3. The zero-order valence-electron chi connectivity index (χ0n) is 14.4. The lowest BCUT2D eigenvalue weighted by Gasteiger charge is -2.18. The van der Waals surface area contributed by atoms with Crippen molar-refractivity contribution in [1.29, 1.82) is 0 Å². The summed E-state index contributed by atoms with van der Waals surface area (Å²) in [7, 11) is 0. The lowest BCUT2D eigenvalue weighted by molar-refractivity contribution is -0.0351. The summed E-state index contributed by atoms with van der Waals surface area (Å²) in [4.78, 5) is 27.8. The summed E-state index contributed by atoms with van der Waals surface area (Å²) in [6, 6.07) is 0. The molecule has 26 heavy (non-hydrogen) atoms. The Labute approximate surface area is 163 Å². The van der Waals surface area contributed by atoms with Gasteiger partial charge in [0, 0.05) is 25.8 Å². The van der Waals surface area contributed by atoms with Crippen molar-refractivity contribution in [2.24, 2.45) is 0 Å². The summed E-state index contributed by atoms with van der Waals surface area (Å²) in [6.07, 6.45) is -2.81. The quantitative estimate of drug-likeness (QED) is 0.377. The van der Waals surface area contributed by atoms with Crippen molar-refractivity contribution in [2.45, 2.75) is 44.8 Å². The van der Waals surface area contributed by atoms with E-state index in [4.69, 9.17) is 14.2 Å². The van der Waals surface area contributed by atoms with Gasteiger partial charge in [-0.2, -0.15) is 4.98 Å². The largest absolute Gasteiger partial charge is 0.449 e. The highest BCUT2D eigenvalue weighted by Gasteiger charge is 2.42. The molecule has 0 bridgehead atoms. The van der Waals surface area contributed by atoms with Crippen LogP contribution in [0.1, 0.15) is 26.5 Å². The van der Waals surface area contributed by atoms with Gasteiger partial charge in [-0.05, 0) is 36.4 Å². The van der Waals surface area contributed by atoms with E-state index in [1.54, 1.807) is 6.92 Å². The Bertz CT molecular complexity index is 684. The maximum Gasteiger partial charge on any atom is 0.412 e. The molecule has 1 saturated heterocycles. The zero-order valence-corrected chi connectivity index (χ0v) is 16.6. The number of carbonyl (C=O) groups is 1. The Morgan fingerprint density at radius 3 is 2.77 bits per heavy atom. The first-order valence-electron chi connectivity index (χ1n) is 8.17. The topological polar surface area (TPSA) is 132 Å². The van der Waals surface area contributed by atoms with Crippen LogP contribution in [0.15, 0.2) is 11.0 Å². The van der Waals surface area contributed by atoms with Crippen molar-refractivity contribution >= 4 is 34.5 Å². The maximum absolute atomic E-state index is 12.2. The summed E-state index contributed by atoms with van der Waals surface area (Å²) >= 11 is 1.88. The van der Waals surface area contributed by atoms with Gasteiger partial charge in [-0.25, -0.2) is 9.59 Å². The fourth-order valence-corrected chi connectivity index (χ4v) is 2.93. The minimum Gasteiger partial charge on any atom is -0.449 e. The minimum absolute atomic E-state index is 0.0442. The van der Waals surface area contributed by atoms with Crippen LogP contribution in [0.25, 0.3) is 0 Å². The lowest BCUT2D eigenvalue weighted by atomic mass is 10.1. The van der Waals surface area contributed by atoms with E-state index in [-0.39, 0.29) is 12.4 Å². The Hall–Kier alpha value is -1.28. The molecule has 0 aromatic carbocycles. The van der Waals surface area contributed by atoms with Crippen LogP contribution in [0.4, 0.5) is 10.6 Å². The van der Waals surface area contributed by atoms with Crippen LogP contribution in [-0.4, -0.2) is 64.0 Å². The average Bonchev–Trinajstić information content (AvgIpc) is 2.85. The van der Waals surface area contributed by atoms with Gasteiger partial charge in [0.1, 0.15) is 12.2 Å². The van der Waals surface area contributed by atoms with Crippen LogP contribution in [-0.2, 0) is 14.2 Å². The number of rotatable bonds is 7. The van der Waals surface area contributed by atoms with E-state index in [9.17, 15) is 19.8 Å². The average molecular weight is 483 g/mol. The molecule has 146 valence electrons. The molecule has 0 spiro atoms. The van der Waals surface area contributed by atoms with E-state index in [0.717, 1.165) is 4.57 Å². The van der Waals surface area contributed by atoms with E-state index in [1.165, 1.54) is 6.20 Å². The number of aromatic nitrogens is 2. The molecule has 1 aliphatic heterocycles. The predicted octanol–water partition coefficient (Wildman–Crippen LogP) is 0.462. The number of aliphatic hydroxyl groups is 2. The molecule has 0 aliphatic carbocycles. The molecule has 0 radical (unpaired) electrons. The second kappa shape index (κ2) is 9.60. The molecule has 2 unspecified atom stereocenters. The summed E-state index contributed by atoms with van der Waals surface area (Å²) in [6.45, 7) is 4.73. The van der Waals surface area contributed by atoms with E-state index in [0.29, 0.717) is 23.2 Å². The summed E-state index contributed by atoms with van der Waals surface area (Å²) in [5, 5.41) is 22.2. The standard InChI is InChI=1S/C15H22IN3O7/c1-3-24-5-4-6-25-15(23)18-12-9(16)7-19(14(22)17-12)13-11(21)10(20)8(2)26-13/h7-8,10-11,13,20-21H,3-6H2,1-2H3,(H,17,18,22,23)/t8-,10?,11?,13-/m1/s1. The first-order valence-corrected chi connectivity index (χ1v) is 9.24. The third kappa shape index (κ3) is 5.13. The third-order valence-electron chi connectivity index (χ3n) is 3.75. The van der Waals surface area contributed by atoms with Crippen LogP contribution in [0.2, 0.25) is 0 Å². The van der Waals surface area contributed by atoms with E-state index < -0.39 is 36.3 Å². The molecule has 4 atom stereocenters. The van der Waals surface area contributed by atoms with Crippen molar-refractivity contribution in [3.8, 4) is 0 Å². The second-order valence-electron chi connectivity index (χ2n) is 5.65. The number of nitrogens with one attached hydrogen (secondary N) is 1. The number of halogens is 1. The summed E-state index contributed by atoms with van der Waals surface area (Å²) in [5.74, 6) is 0.0442. The minimum atomic E-state index is -1.26. The number of carbonyl (C=O) groups excluding carboxylic acids is 1. The van der Waals surface area contributed by atoms with E-state index in [1.807, 2.05) is 29.5 Å². The highest BCUT2D eigenvalue weighted by molar-refractivity contribution is 14.1. The molecule has 1 aromatic rings. The van der Waals surface area contributed by atoms with Crippen LogP contribution in [0.3, 0.4) is 0 Å². The van der Waals surface area contributed by atoms with Crippen molar-refractivity contribution in [1.82, 2.24) is 9.55 Å². The molecule has 2 rings (SSSR count). The van der Waals surface area contributed by atoms with Crippen LogP contribution in [0, 0.1) is 3.57 Å². The van der Waals surface area contributed by atoms with Gasteiger partial charge >= 0.3 is 11.8 Å². The van der Waals surface area contributed by atoms with Crippen molar-refractivity contribution in [3.63, 3.8) is 0 Å². The molecule has 10 nitrogen and oxygen atoms in total. The Morgan fingerprint density at radius 2 is 2.15 bits per heavy atom. The highest BCUT2D eigenvalue weighted by atomic mass is 127. The third-order valence-corrected chi connectivity index (χ3v) is 4.54. The molecular formula is C15H22IN3O7. The van der Waals surface area contributed by atoms with Gasteiger partial charge < -0.3 is 24.4 Å². The fraction of sp³-hybridized carbons (Fsp3) is 0.667. The molecule has 1 fully saturated rings. The SMILES string of the molecule is CCOCCCOC(=O)Nc1nc(=O)n([C@@H]2O[C@H](C)C(O)C2O)cc1I. The maximum atomic E-state index is 12.2. The molecule has 1 aromatic heterocycles. The highest BCUT2D eigenvalue weighted by Crippen LogP contribution is 2.28. The molecule has 1 aliphatic rings. The number of amides is 1. The molecule has 1 amide bonds. The number of ether oxygens (including phenoxy) is 3. The lowest BCUT2D eigenvalue weighted by Crippen LogP contribution is -2.36. The van der Waals surface area contributed by atoms with Gasteiger partial charge in [0.25, 0.3) is 0 Å². The fourth-order valence-electron chi connectivity index (χ4n) is 2.38. The smallest absolute Gasteiger partial charge is 0.412 e. The van der Waals surface area contributed by atoms with Crippen molar-refractivity contribution in [2.75, 3.05) is 25.1 Å². The number of hydrogen-bond donors (Lipinski definition) is 3. The molecular weight excluding hydrogens is 461 g/mol. The van der Waals surface area contributed by atoms with Crippen LogP contribution < -0.4 is 11.0 Å².